The third-order valence-electron chi connectivity index (χ3n) is 4.86. The van der Waals surface area contributed by atoms with Gasteiger partial charge in [0, 0.05) is 6.07 Å². The second-order valence-corrected chi connectivity index (χ2v) is 7.16. The summed E-state index contributed by atoms with van der Waals surface area (Å²) in [6.07, 6.45) is 0.181. The van der Waals surface area contributed by atoms with Crippen LogP contribution in [0, 0.1) is 6.92 Å². The van der Waals surface area contributed by atoms with Gasteiger partial charge < -0.3 is 9.84 Å². The Morgan fingerprint density at radius 2 is 1.71 bits per heavy atom. The van der Waals surface area contributed by atoms with E-state index in [0.29, 0.717) is 17.1 Å². The molecular weight excluding hydrogens is 392 g/mol. The molecule has 0 aliphatic carbocycles. The molecule has 7 nitrogen and oxygen atoms in total. The van der Waals surface area contributed by atoms with Gasteiger partial charge in [-0.05, 0) is 28.8 Å². The largest absolute Gasteiger partial charge is 0.360 e. The van der Waals surface area contributed by atoms with Crippen molar-refractivity contribution in [2.24, 2.45) is 0 Å². The highest BCUT2D eigenvalue weighted by Crippen LogP contribution is 2.19. The topological polar surface area (TPSA) is 96.3 Å². The van der Waals surface area contributed by atoms with Crippen LogP contribution in [0.1, 0.15) is 22.9 Å². The molecule has 0 aliphatic rings. The Hall–Kier alpha value is -3.97. The molecule has 0 saturated heterocycles. The highest BCUT2D eigenvalue weighted by molar-refractivity contribution is 5.95. The number of aromatic nitrogens is 1. The number of nitrogens with one attached hydrogen (secondary N) is 3. The molecule has 3 aromatic carbocycles. The number of hydrogen-bond donors (Lipinski definition) is 3. The number of amides is 2. The molecule has 2 amide bonds. The van der Waals surface area contributed by atoms with Gasteiger partial charge in [-0.2, -0.15) is 0 Å². The molecule has 1 aromatic heterocycles. The fourth-order valence-electron chi connectivity index (χ4n) is 3.39. The van der Waals surface area contributed by atoms with Gasteiger partial charge in [-0.15, -0.1) is 0 Å². The summed E-state index contributed by atoms with van der Waals surface area (Å²) in [7, 11) is 0. The minimum absolute atomic E-state index is 0.181. The Labute approximate surface area is 179 Å². The summed E-state index contributed by atoms with van der Waals surface area (Å²) >= 11 is 0. The molecule has 0 aliphatic heterocycles. The summed E-state index contributed by atoms with van der Waals surface area (Å²) in [5.41, 5.74) is 7.15. The average molecular weight is 414 g/mol. The number of carbonyl (C=O) groups excluding carboxylic acids is 2. The fraction of sp³-hybridized carbons (Fsp3) is 0.125. The molecule has 1 atom stereocenters. The van der Waals surface area contributed by atoms with Crippen molar-refractivity contribution < 1.29 is 14.1 Å². The third kappa shape index (κ3) is 4.96. The monoisotopic (exact) mass is 414 g/mol. The van der Waals surface area contributed by atoms with Crippen LogP contribution in [0.2, 0.25) is 0 Å². The van der Waals surface area contributed by atoms with Gasteiger partial charge in [0.2, 0.25) is 11.8 Å². The summed E-state index contributed by atoms with van der Waals surface area (Å²) in [4.78, 5) is 25.5. The van der Waals surface area contributed by atoms with Gasteiger partial charge in [-0.25, -0.2) is 5.43 Å². The van der Waals surface area contributed by atoms with Crippen LogP contribution in [0.4, 0.5) is 5.82 Å². The summed E-state index contributed by atoms with van der Waals surface area (Å²) in [5, 5.41) is 8.59. The Morgan fingerprint density at radius 1 is 0.968 bits per heavy atom. The lowest BCUT2D eigenvalue weighted by molar-refractivity contribution is -0.123. The van der Waals surface area contributed by atoms with Gasteiger partial charge in [0.15, 0.2) is 5.82 Å². The number of anilines is 1. The standard InChI is InChI=1S/C24H22N4O3/c1-16-14-21(28-31-16)25-24(30)23(18-9-3-2-4-10-18)27-26-22(29)15-19-12-7-11-17-8-5-6-13-20(17)19/h2-14,23,27H,15H2,1H3,(H,26,29)(H,25,28,30). The van der Waals surface area contributed by atoms with E-state index in [1.54, 1.807) is 13.0 Å². The number of nitrogens with zero attached hydrogens (tertiary/aromatic N) is 1. The first-order valence-corrected chi connectivity index (χ1v) is 9.90. The lowest BCUT2D eigenvalue weighted by atomic mass is 10.0. The first-order chi connectivity index (χ1) is 15.1. The van der Waals surface area contributed by atoms with Crippen molar-refractivity contribution in [3.05, 3.63) is 95.7 Å². The van der Waals surface area contributed by atoms with E-state index >= 15 is 0 Å². The molecule has 0 spiro atoms. The van der Waals surface area contributed by atoms with Crippen molar-refractivity contribution in [1.29, 1.82) is 0 Å². The highest BCUT2D eigenvalue weighted by Gasteiger charge is 2.22. The predicted molar refractivity (Wildman–Crippen MR) is 118 cm³/mol. The Morgan fingerprint density at radius 3 is 2.48 bits per heavy atom. The summed E-state index contributed by atoms with van der Waals surface area (Å²) in [6, 6.07) is 23.7. The maximum atomic E-state index is 12.9. The van der Waals surface area contributed by atoms with Crippen molar-refractivity contribution in [3.8, 4) is 0 Å². The summed E-state index contributed by atoms with van der Waals surface area (Å²) in [6.45, 7) is 1.74. The van der Waals surface area contributed by atoms with Crippen LogP contribution in [0.5, 0.6) is 0 Å². The molecule has 31 heavy (non-hydrogen) atoms. The lowest BCUT2D eigenvalue weighted by Crippen LogP contribution is -2.45. The van der Waals surface area contributed by atoms with E-state index < -0.39 is 6.04 Å². The average Bonchev–Trinajstić information content (AvgIpc) is 3.19. The van der Waals surface area contributed by atoms with Crippen LogP contribution in [0.15, 0.2) is 83.4 Å². The molecule has 4 rings (SSSR count). The van der Waals surface area contributed by atoms with Crippen LogP contribution in [0.25, 0.3) is 10.8 Å². The van der Waals surface area contributed by atoms with E-state index in [1.807, 2.05) is 72.8 Å². The maximum Gasteiger partial charge on any atom is 0.249 e. The molecule has 0 radical (unpaired) electrons. The third-order valence-corrected chi connectivity index (χ3v) is 4.86. The van der Waals surface area contributed by atoms with Crippen molar-refractivity contribution in [3.63, 3.8) is 0 Å². The van der Waals surface area contributed by atoms with Gasteiger partial charge in [0.25, 0.3) is 0 Å². The number of fused-ring (bicyclic) bond motifs is 1. The number of carbonyl (C=O) groups is 2. The van der Waals surface area contributed by atoms with Crippen LogP contribution >= 0.6 is 0 Å². The Kier molecular flexibility index (Phi) is 6.05. The van der Waals surface area contributed by atoms with E-state index in [2.05, 4.69) is 21.3 Å². The molecule has 1 unspecified atom stereocenters. The van der Waals surface area contributed by atoms with E-state index in [9.17, 15) is 9.59 Å². The second-order valence-electron chi connectivity index (χ2n) is 7.16. The number of benzene rings is 3. The molecule has 0 fully saturated rings. The van der Waals surface area contributed by atoms with Gasteiger partial charge in [0.1, 0.15) is 11.8 Å². The number of rotatable bonds is 7. The van der Waals surface area contributed by atoms with Crippen molar-refractivity contribution in [2.45, 2.75) is 19.4 Å². The van der Waals surface area contributed by atoms with E-state index in [4.69, 9.17) is 4.52 Å². The van der Waals surface area contributed by atoms with Gasteiger partial charge >= 0.3 is 0 Å². The minimum atomic E-state index is -0.810. The number of hydrogen-bond acceptors (Lipinski definition) is 5. The first-order valence-electron chi connectivity index (χ1n) is 9.90. The zero-order valence-corrected chi connectivity index (χ0v) is 17.0. The zero-order chi connectivity index (χ0) is 21.6. The summed E-state index contributed by atoms with van der Waals surface area (Å²) in [5.74, 6) is 0.280. The van der Waals surface area contributed by atoms with Crippen LogP contribution < -0.4 is 16.2 Å². The van der Waals surface area contributed by atoms with E-state index in [0.717, 1.165) is 16.3 Å². The van der Waals surface area contributed by atoms with Gasteiger partial charge in [0.05, 0.1) is 6.42 Å². The normalized spacial score (nSPS) is 11.8. The number of aryl methyl sites for hydroxylation is 1. The molecule has 156 valence electrons. The van der Waals surface area contributed by atoms with Crippen molar-refractivity contribution >= 4 is 28.4 Å². The molecule has 0 saturated carbocycles. The Balaban J connectivity index is 1.46. The quantitative estimate of drug-likeness (QED) is 0.401. The van der Waals surface area contributed by atoms with Crippen molar-refractivity contribution in [1.82, 2.24) is 16.0 Å². The minimum Gasteiger partial charge on any atom is -0.360 e. The molecule has 1 heterocycles. The molecule has 7 heteroatoms. The van der Waals surface area contributed by atoms with Crippen LogP contribution in [0.3, 0.4) is 0 Å². The molecular formula is C24H22N4O3. The molecule has 3 N–H and O–H groups in total. The van der Waals surface area contributed by atoms with Gasteiger partial charge in [-0.1, -0.05) is 78.0 Å². The van der Waals surface area contributed by atoms with Crippen molar-refractivity contribution in [2.75, 3.05) is 5.32 Å². The fourth-order valence-corrected chi connectivity index (χ4v) is 3.39. The maximum absolute atomic E-state index is 12.9. The smallest absolute Gasteiger partial charge is 0.249 e. The van der Waals surface area contributed by atoms with E-state index in [-0.39, 0.29) is 18.2 Å². The van der Waals surface area contributed by atoms with Crippen LogP contribution in [-0.2, 0) is 16.0 Å². The predicted octanol–water partition coefficient (Wildman–Crippen LogP) is 3.68. The highest BCUT2D eigenvalue weighted by atomic mass is 16.5. The summed E-state index contributed by atoms with van der Waals surface area (Å²) < 4.78 is 5.00. The van der Waals surface area contributed by atoms with E-state index in [1.165, 1.54) is 0 Å². The molecule has 0 bridgehead atoms. The van der Waals surface area contributed by atoms with Gasteiger partial charge in [-0.3, -0.25) is 15.0 Å². The Bertz CT molecular complexity index is 1200. The van der Waals surface area contributed by atoms with Crippen LogP contribution in [-0.4, -0.2) is 17.0 Å². The first kappa shape index (κ1) is 20.3. The SMILES string of the molecule is Cc1cc(NC(=O)C(NNC(=O)Cc2cccc3ccccc23)c2ccccc2)no1. The lowest BCUT2D eigenvalue weighted by Gasteiger charge is -2.19. The number of hydrazine groups is 1. The zero-order valence-electron chi connectivity index (χ0n) is 17.0. The second kappa shape index (κ2) is 9.23. The molecule has 4 aromatic rings.